The summed E-state index contributed by atoms with van der Waals surface area (Å²) < 4.78 is 1.87. The van der Waals surface area contributed by atoms with E-state index >= 15 is 0 Å². The summed E-state index contributed by atoms with van der Waals surface area (Å²) in [6.07, 6.45) is 0.405. The van der Waals surface area contributed by atoms with Crippen LogP contribution in [0.5, 0.6) is 0 Å². The number of nitrogens with one attached hydrogen (secondary N) is 1. The van der Waals surface area contributed by atoms with Crippen molar-refractivity contribution < 1.29 is 4.79 Å². The number of carbonyl (C=O) groups is 1. The molecule has 1 heterocycles. The van der Waals surface area contributed by atoms with E-state index in [1.54, 1.807) is 0 Å². The van der Waals surface area contributed by atoms with E-state index in [0.29, 0.717) is 13.0 Å². The van der Waals surface area contributed by atoms with E-state index in [2.05, 4.69) is 22.5 Å². The van der Waals surface area contributed by atoms with Gasteiger partial charge in [0.25, 0.3) is 0 Å². The fourth-order valence-electron chi connectivity index (χ4n) is 2.71. The van der Waals surface area contributed by atoms with Crippen molar-refractivity contribution in [1.29, 1.82) is 0 Å². The molecule has 4 nitrogen and oxygen atoms in total. The third-order valence-electron chi connectivity index (χ3n) is 3.93. The van der Waals surface area contributed by atoms with Crippen LogP contribution in [0.3, 0.4) is 0 Å². The van der Waals surface area contributed by atoms with Crippen LogP contribution in [0, 0.1) is 13.8 Å². The zero-order valence-corrected chi connectivity index (χ0v) is 14.0. The monoisotopic (exact) mass is 319 g/mol. The highest BCUT2D eigenvalue weighted by Gasteiger charge is 2.06. The lowest BCUT2D eigenvalue weighted by Crippen LogP contribution is -2.15. The minimum atomic E-state index is -0.00462. The second-order valence-corrected chi connectivity index (χ2v) is 5.89. The first-order valence-corrected chi connectivity index (χ1v) is 8.08. The minimum Gasteiger partial charge on any atom is -0.326 e. The van der Waals surface area contributed by atoms with Crippen molar-refractivity contribution in [3.8, 4) is 11.1 Å². The number of rotatable bonds is 5. The summed E-state index contributed by atoms with van der Waals surface area (Å²) in [4.78, 5) is 12.1. The average Bonchev–Trinajstić information content (AvgIpc) is 2.92. The van der Waals surface area contributed by atoms with Crippen molar-refractivity contribution in [2.45, 2.75) is 26.8 Å². The van der Waals surface area contributed by atoms with Gasteiger partial charge in [0.15, 0.2) is 0 Å². The van der Waals surface area contributed by atoms with Gasteiger partial charge in [-0.25, -0.2) is 0 Å². The summed E-state index contributed by atoms with van der Waals surface area (Å²) >= 11 is 0. The number of hydrogen-bond donors (Lipinski definition) is 1. The van der Waals surface area contributed by atoms with Crippen molar-refractivity contribution in [3.63, 3.8) is 0 Å². The van der Waals surface area contributed by atoms with Crippen LogP contribution in [0.1, 0.15) is 17.8 Å². The molecular weight excluding hydrogens is 298 g/mol. The second-order valence-electron chi connectivity index (χ2n) is 5.89. The highest BCUT2D eigenvalue weighted by Crippen LogP contribution is 2.21. The highest BCUT2D eigenvalue weighted by atomic mass is 16.1. The molecule has 0 fully saturated rings. The van der Waals surface area contributed by atoms with Gasteiger partial charge in [0.2, 0.25) is 5.91 Å². The molecule has 2 aromatic carbocycles. The first-order valence-electron chi connectivity index (χ1n) is 8.08. The summed E-state index contributed by atoms with van der Waals surface area (Å²) in [7, 11) is 0. The molecule has 1 amide bonds. The lowest BCUT2D eigenvalue weighted by atomic mass is 10.1. The number of amides is 1. The Labute approximate surface area is 142 Å². The van der Waals surface area contributed by atoms with Crippen molar-refractivity contribution in [3.05, 3.63) is 72.1 Å². The number of aryl methyl sites for hydroxylation is 3. The third-order valence-corrected chi connectivity index (χ3v) is 3.93. The second kappa shape index (κ2) is 7.13. The molecule has 24 heavy (non-hydrogen) atoms. The Morgan fingerprint density at radius 3 is 2.29 bits per heavy atom. The van der Waals surface area contributed by atoms with Gasteiger partial charge in [0, 0.05) is 24.3 Å². The van der Waals surface area contributed by atoms with E-state index < -0.39 is 0 Å². The van der Waals surface area contributed by atoms with E-state index in [-0.39, 0.29) is 5.91 Å². The summed E-state index contributed by atoms with van der Waals surface area (Å²) in [6.45, 7) is 4.55. The highest BCUT2D eigenvalue weighted by molar-refractivity contribution is 5.90. The Morgan fingerprint density at radius 1 is 1.00 bits per heavy atom. The molecule has 1 aromatic heterocycles. The maximum Gasteiger partial charge on any atom is 0.226 e. The Bertz CT molecular complexity index is 820. The number of carbonyl (C=O) groups excluding carboxylic acids is 1. The molecule has 3 rings (SSSR count). The number of aromatic nitrogens is 2. The van der Waals surface area contributed by atoms with Gasteiger partial charge in [-0.15, -0.1) is 0 Å². The van der Waals surface area contributed by atoms with Crippen molar-refractivity contribution in [2.75, 3.05) is 5.32 Å². The van der Waals surface area contributed by atoms with Gasteiger partial charge in [-0.2, -0.15) is 5.10 Å². The molecule has 1 N–H and O–H groups in total. The van der Waals surface area contributed by atoms with E-state index in [1.165, 1.54) is 5.56 Å². The molecule has 0 atom stereocenters. The van der Waals surface area contributed by atoms with Gasteiger partial charge in [-0.1, -0.05) is 42.5 Å². The standard InChI is InChI=1S/C20H21N3O/c1-15-14-16(2)23(22-15)13-12-20(24)21-19-10-8-18(9-11-19)17-6-4-3-5-7-17/h3-11,14H,12-13H2,1-2H3,(H,21,24). The molecule has 0 saturated heterocycles. The quantitative estimate of drug-likeness (QED) is 0.766. The molecule has 0 spiro atoms. The van der Waals surface area contributed by atoms with E-state index in [0.717, 1.165) is 22.6 Å². The van der Waals surface area contributed by atoms with Crippen molar-refractivity contribution in [1.82, 2.24) is 9.78 Å². The number of anilines is 1. The van der Waals surface area contributed by atoms with Crippen LogP contribution in [0.4, 0.5) is 5.69 Å². The van der Waals surface area contributed by atoms with Crippen LogP contribution in [0.2, 0.25) is 0 Å². The maximum atomic E-state index is 12.1. The van der Waals surface area contributed by atoms with Crippen molar-refractivity contribution in [2.24, 2.45) is 0 Å². The van der Waals surface area contributed by atoms with Gasteiger partial charge < -0.3 is 5.32 Å². The molecule has 0 aliphatic carbocycles. The summed E-state index contributed by atoms with van der Waals surface area (Å²) in [5.74, 6) is -0.00462. The van der Waals surface area contributed by atoms with Crippen LogP contribution in [-0.2, 0) is 11.3 Å². The van der Waals surface area contributed by atoms with E-state index in [9.17, 15) is 4.79 Å². The van der Waals surface area contributed by atoms with Crippen LogP contribution in [0.15, 0.2) is 60.7 Å². The zero-order chi connectivity index (χ0) is 16.9. The Morgan fingerprint density at radius 2 is 1.67 bits per heavy atom. The predicted octanol–water partition coefficient (Wildman–Crippen LogP) is 4.20. The molecule has 0 unspecified atom stereocenters. The number of benzene rings is 2. The summed E-state index contributed by atoms with van der Waals surface area (Å²) in [6, 6.07) is 20.1. The maximum absolute atomic E-state index is 12.1. The molecular formula is C20H21N3O. The smallest absolute Gasteiger partial charge is 0.226 e. The van der Waals surface area contributed by atoms with E-state index in [4.69, 9.17) is 0 Å². The summed E-state index contributed by atoms with van der Waals surface area (Å²) in [5.41, 5.74) is 5.17. The minimum absolute atomic E-state index is 0.00462. The predicted molar refractivity (Wildman–Crippen MR) is 96.8 cm³/mol. The van der Waals surface area contributed by atoms with Crippen LogP contribution < -0.4 is 5.32 Å². The molecule has 0 aliphatic rings. The summed E-state index contributed by atoms with van der Waals surface area (Å²) in [5, 5.41) is 7.31. The largest absolute Gasteiger partial charge is 0.326 e. The Kier molecular flexibility index (Phi) is 4.75. The van der Waals surface area contributed by atoms with Crippen LogP contribution in [-0.4, -0.2) is 15.7 Å². The van der Waals surface area contributed by atoms with Crippen LogP contribution >= 0.6 is 0 Å². The average molecular weight is 319 g/mol. The Balaban J connectivity index is 1.57. The lowest BCUT2D eigenvalue weighted by molar-refractivity contribution is -0.116. The molecule has 0 saturated carbocycles. The van der Waals surface area contributed by atoms with E-state index in [1.807, 2.05) is 67.1 Å². The fourth-order valence-corrected chi connectivity index (χ4v) is 2.71. The normalized spacial score (nSPS) is 10.6. The molecule has 0 radical (unpaired) electrons. The molecule has 4 heteroatoms. The van der Waals surface area contributed by atoms with Gasteiger partial charge in [-0.3, -0.25) is 9.48 Å². The van der Waals surface area contributed by atoms with Gasteiger partial charge >= 0.3 is 0 Å². The molecule has 0 bridgehead atoms. The third kappa shape index (κ3) is 3.90. The van der Waals surface area contributed by atoms with Gasteiger partial charge in [0.1, 0.15) is 0 Å². The fraction of sp³-hybridized carbons (Fsp3) is 0.200. The number of hydrogen-bond acceptors (Lipinski definition) is 2. The van der Waals surface area contributed by atoms with Crippen LogP contribution in [0.25, 0.3) is 11.1 Å². The lowest BCUT2D eigenvalue weighted by Gasteiger charge is -2.08. The zero-order valence-electron chi connectivity index (χ0n) is 14.0. The SMILES string of the molecule is Cc1cc(C)n(CCC(=O)Nc2ccc(-c3ccccc3)cc2)n1. The first kappa shape index (κ1) is 16.0. The Hall–Kier alpha value is -2.88. The molecule has 122 valence electrons. The molecule has 0 aliphatic heterocycles. The molecule has 3 aromatic rings. The topological polar surface area (TPSA) is 46.9 Å². The van der Waals surface area contributed by atoms with Gasteiger partial charge in [0.05, 0.1) is 5.69 Å². The van der Waals surface area contributed by atoms with Crippen molar-refractivity contribution >= 4 is 11.6 Å². The van der Waals surface area contributed by atoms with Gasteiger partial charge in [-0.05, 0) is 43.2 Å². The first-order chi connectivity index (χ1) is 11.6. The number of nitrogens with zero attached hydrogens (tertiary/aromatic N) is 2.